The second-order valence-electron chi connectivity index (χ2n) is 5.37. The molecule has 1 aromatic heterocycles. The molecule has 1 saturated heterocycles. The minimum Gasteiger partial charge on any atom is -0.304 e. The quantitative estimate of drug-likeness (QED) is 0.619. The molecule has 6 nitrogen and oxygen atoms in total. The Kier molecular flexibility index (Phi) is 5.96. The largest absolute Gasteiger partial charge is 0.436 e. The van der Waals surface area contributed by atoms with Crippen molar-refractivity contribution >= 4 is 53.9 Å². The maximum Gasteiger partial charge on any atom is 0.436 e. The summed E-state index contributed by atoms with van der Waals surface area (Å²) in [6.07, 6.45) is -0.405. The molecule has 9 heteroatoms. The third kappa shape index (κ3) is 4.19. The molecule has 0 unspecified atom stereocenters. The van der Waals surface area contributed by atoms with E-state index in [1.165, 1.54) is 5.56 Å². The Bertz CT molecular complexity index is 715. The molecule has 1 fully saturated rings. The zero-order valence-corrected chi connectivity index (χ0v) is 17.4. The minimum absolute atomic E-state index is 0.405. The van der Waals surface area contributed by atoms with Gasteiger partial charge in [-0.15, -0.1) is 5.10 Å². The Labute approximate surface area is 165 Å². The minimum atomic E-state index is -0.405. The zero-order chi connectivity index (χ0) is 17.1. The van der Waals surface area contributed by atoms with Gasteiger partial charge in [0.15, 0.2) is 4.60 Å². The third-order valence-electron chi connectivity index (χ3n) is 3.75. The lowest BCUT2D eigenvalue weighted by Gasteiger charge is -2.33. The number of nitrogens with zero attached hydrogens (tertiary/aromatic N) is 4. The lowest BCUT2D eigenvalue weighted by atomic mass is 10.2. The van der Waals surface area contributed by atoms with Crippen LogP contribution in [0.2, 0.25) is 0 Å². The maximum atomic E-state index is 12.3. The van der Waals surface area contributed by atoms with Crippen molar-refractivity contribution in [1.82, 2.24) is 19.7 Å². The molecule has 1 aliphatic heterocycles. The molecule has 2 aromatic rings. The average Bonchev–Trinajstić information content (AvgIpc) is 2.83. The van der Waals surface area contributed by atoms with Crippen molar-refractivity contribution < 1.29 is 9.63 Å². The van der Waals surface area contributed by atoms with Gasteiger partial charge in [0.05, 0.1) is 4.47 Å². The molecule has 0 spiro atoms. The van der Waals surface area contributed by atoms with Gasteiger partial charge in [-0.05, 0) is 53.4 Å². The number of piperazine rings is 1. The van der Waals surface area contributed by atoms with Gasteiger partial charge in [0.2, 0.25) is 0 Å². The Hall–Kier alpha value is -0.900. The Morgan fingerprint density at radius 1 is 1.08 bits per heavy atom. The topological polar surface area (TPSA) is 50.6 Å². The molecule has 0 radical (unpaired) electrons. The highest BCUT2D eigenvalue weighted by Crippen LogP contribution is 2.29. The fourth-order valence-corrected chi connectivity index (χ4v) is 3.63. The Morgan fingerprint density at radius 2 is 1.75 bits per heavy atom. The van der Waals surface area contributed by atoms with Crippen LogP contribution in [0.3, 0.4) is 0 Å². The van der Waals surface area contributed by atoms with E-state index >= 15 is 0 Å². The molecule has 1 aromatic carbocycles. The van der Waals surface area contributed by atoms with E-state index in [4.69, 9.17) is 4.84 Å². The maximum absolute atomic E-state index is 12.3. The first kappa shape index (κ1) is 17.9. The van der Waals surface area contributed by atoms with E-state index in [9.17, 15) is 4.79 Å². The number of hydrogen-bond acceptors (Lipinski definition) is 4. The van der Waals surface area contributed by atoms with E-state index in [0.29, 0.717) is 26.8 Å². The first-order chi connectivity index (χ1) is 11.5. The van der Waals surface area contributed by atoms with Crippen LogP contribution >= 0.6 is 47.8 Å². The number of carbonyl (C=O) groups is 1. The lowest BCUT2D eigenvalue weighted by Crippen LogP contribution is -2.50. The van der Waals surface area contributed by atoms with Crippen molar-refractivity contribution in [1.29, 1.82) is 0 Å². The third-order valence-corrected chi connectivity index (χ3v) is 6.82. The predicted molar refractivity (Wildman–Crippen MR) is 101 cm³/mol. The summed E-state index contributed by atoms with van der Waals surface area (Å²) in [5.41, 5.74) is 1.28. The molecular formula is C15H15Br3N4O2. The molecule has 2 heterocycles. The summed E-state index contributed by atoms with van der Waals surface area (Å²) in [7, 11) is 0. The molecule has 0 N–H and O–H groups in total. The summed E-state index contributed by atoms with van der Waals surface area (Å²) in [6, 6.07) is 10.3. The number of benzene rings is 1. The molecule has 3 rings (SSSR count). The highest BCUT2D eigenvalue weighted by atomic mass is 79.9. The van der Waals surface area contributed by atoms with Crippen LogP contribution < -0.4 is 4.84 Å². The molecule has 1 aliphatic rings. The van der Waals surface area contributed by atoms with Gasteiger partial charge in [0.25, 0.3) is 0 Å². The van der Waals surface area contributed by atoms with Crippen LogP contribution in [0.1, 0.15) is 5.56 Å². The average molecular weight is 523 g/mol. The van der Waals surface area contributed by atoms with Gasteiger partial charge in [0.1, 0.15) is 4.60 Å². The molecule has 24 heavy (non-hydrogen) atoms. The van der Waals surface area contributed by atoms with Crippen LogP contribution in [0, 0.1) is 0 Å². The summed E-state index contributed by atoms with van der Waals surface area (Å²) in [5, 5.41) is 4.07. The second kappa shape index (κ2) is 7.99. The number of hydrogen-bond donors (Lipinski definition) is 0. The highest BCUT2D eigenvalue weighted by Gasteiger charge is 2.24. The van der Waals surface area contributed by atoms with Gasteiger partial charge >= 0.3 is 6.09 Å². The summed E-state index contributed by atoms with van der Waals surface area (Å²) in [5.74, 6) is 0. The number of carbonyl (C=O) groups excluding carboxylic acids is 1. The monoisotopic (exact) mass is 520 g/mol. The van der Waals surface area contributed by atoms with Crippen LogP contribution in [0.25, 0.3) is 0 Å². The Balaban J connectivity index is 1.52. The Morgan fingerprint density at radius 3 is 2.33 bits per heavy atom. The smallest absolute Gasteiger partial charge is 0.304 e. The molecule has 0 atom stereocenters. The number of aromatic nitrogens is 2. The standard InChI is InChI=1S/C15H15Br3N4O2/c16-12-13(17)19-22(14(12)18)24-15(23)21-8-6-20(7-9-21)10-11-4-2-1-3-5-11/h1-5H,6-10H2. The van der Waals surface area contributed by atoms with Crippen LogP contribution in [0.5, 0.6) is 0 Å². The molecule has 0 aliphatic carbocycles. The van der Waals surface area contributed by atoms with Gasteiger partial charge in [-0.3, -0.25) is 9.74 Å². The van der Waals surface area contributed by atoms with Crippen LogP contribution in [0.4, 0.5) is 4.79 Å². The van der Waals surface area contributed by atoms with E-state index in [2.05, 4.69) is 69.9 Å². The van der Waals surface area contributed by atoms with Crippen LogP contribution in [-0.4, -0.2) is 52.0 Å². The fourth-order valence-electron chi connectivity index (χ4n) is 2.46. The van der Waals surface area contributed by atoms with Gasteiger partial charge in [-0.2, -0.15) is 0 Å². The summed E-state index contributed by atoms with van der Waals surface area (Å²) in [6.45, 7) is 3.80. The van der Waals surface area contributed by atoms with Crippen molar-refractivity contribution in [2.45, 2.75) is 6.54 Å². The van der Waals surface area contributed by atoms with Crippen molar-refractivity contribution in [3.63, 3.8) is 0 Å². The summed E-state index contributed by atoms with van der Waals surface area (Å²) in [4.78, 5) is 22.8. The van der Waals surface area contributed by atoms with E-state index in [1.54, 1.807) is 4.90 Å². The highest BCUT2D eigenvalue weighted by molar-refractivity contribution is 9.14. The first-order valence-corrected chi connectivity index (χ1v) is 9.75. The van der Waals surface area contributed by atoms with Gasteiger partial charge in [-0.1, -0.05) is 35.2 Å². The van der Waals surface area contributed by atoms with E-state index < -0.39 is 6.09 Å². The fraction of sp³-hybridized carbons (Fsp3) is 0.333. The molecular weight excluding hydrogens is 508 g/mol. The molecule has 128 valence electrons. The zero-order valence-electron chi connectivity index (χ0n) is 12.7. The lowest BCUT2D eigenvalue weighted by molar-refractivity contribution is 0.0556. The normalized spacial score (nSPS) is 15.5. The van der Waals surface area contributed by atoms with Gasteiger partial charge in [-0.25, -0.2) is 4.79 Å². The van der Waals surface area contributed by atoms with Gasteiger partial charge < -0.3 is 4.90 Å². The number of halogens is 3. The molecule has 1 amide bonds. The van der Waals surface area contributed by atoms with E-state index in [-0.39, 0.29) is 0 Å². The predicted octanol–water partition coefficient (Wildman–Crippen LogP) is 3.54. The van der Waals surface area contributed by atoms with Crippen molar-refractivity contribution in [3.8, 4) is 0 Å². The SMILES string of the molecule is O=C(On1nc(Br)c(Br)c1Br)N1CCN(Cc2ccccc2)CC1. The number of amides is 1. The second-order valence-corrected chi connectivity index (χ2v) is 7.67. The van der Waals surface area contributed by atoms with Crippen LogP contribution in [-0.2, 0) is 6.54 Å². The van der Waals surface area contributed by atoms with Crippen LogP contribution in [0.15, 0.2) is 44.0 Å². The molecule has 0 bridgehead atoms. The van der Waals surface area contributed by atoms with E-state index in [0.717, 1.165) is 24.5 Å². The summed E-state index contributed by atoms with van der Waals surface area (Å²) < 4.78 is 1.81. The van der Waals surface area contributed by atoms with Crippen molar-refractivity contribution in [2.24, 2.45) is 0 Å². The van der Waals surface area contributed by atoms with Crippen molar-refractivity contribution in [3.05, 3.63) is 49.6 Å². The van der Waals surface area contributed by atoms with Crippen molar-refractivity contribution in [2.75, 3.05) is 26.2 Å². The first-order valence-electron chi connectivity index (χ1n) is 7.37. The number of rotatable bonds is 3. The van der Waals surface area contributed by atoms with E-state index in [1.807, 2.05) is 18.2 Å². The summed E-state index contributed by atoms with van der Waals surface area (Å²) >= 11 is 9.93. The molecule has 0 saturated carbocycles. The van der Waals surface area contributed by atoms with Gasteiger partial charge in [0, 0.05) is 32.7 Å².